The number of carbonyl (C=O) groups excluding carboxylic acids is 4. The van der Waals surface area contributed by atoms with Crippen LogP contribution in [0.25, 0.3) is 0 Å². The standard InChI is InChI=1S/C22H39N3O5.Na/c1-23-21(29)22(30)24-17-15-13-11-9-7-5-3-4-6-8-10-12-14-16-19(26)25(2)18-20(27)28;/h7,9H,3-6,8,10-18H2,1-2H3,(H,23,29)(H,24,30)(H,27,28);/q;+1/p-1/b9-7-;. The first-order valence-corrected chi connectivity index (χ1v) is 11.0. The molecule has 0 spiro atoms. The number of carboxylic acids is 1. The molecular formula is C22H38N3NaO5. The molecule has 9 heteroatoms. The van der Waals surface area contributed by atoms with E-state index in [1.165, 1.54) is 38.3 Å². The quantitative estimate of drug-likeness (QED) is 0.119. The third-order valence-electron chi connectivity index (χ3n) is 4.74. The van der Waals surface area contributed by atoms with Crippen molar-refractivity contribution in [3.63, 3.8) is 0 Å². The van der Waals surface area contributed by atoms with Crippen LogP contribution in [0.2, 0.25) is 0 Å². The largest absolute Gasteiger partial charge is 1.00 e. The van der Waals surface area contributed by atoms with Gasteiger partial charge in [0.15, 0.2) is 0 Å². The summed E-state index contributed by atoms with van der Waals surface area (Å²) < 4.78 is 0. The van der Waals surface area contributed by atoms with Gasteiger partial charge in [-0.25, -0.2) is 0 Å². The van der Waals surface area contributed by atoms with Gasteiger partial charge in [0.05, 0.1) is 12.5 Å². The molecule has 0 aliphatic rings. The van der Waals surface area contributed by atoms with Gasteiger partial charge in [-0.3, -0.25) is 14.4 Å². The van der Waals surface area contributed by atoms with Crippen LogP contribution in [-0.2, 0) is 19.2 Å². The monoisotopic (exact) mass is 447 g/mol. The fourth-order valence-corrected chi connectivity index (χ4v) is 2.91. The molecule has 0 heterocycles. The number of aliphatic carboxylic acids is 1. The number of amides is 3. The number of unbranched alkanes of at least 4 members (excludes halogenated alkanes) is 9. The predicted molar refractivity (Wildman–Crippen MR) is 114 cm³/mol. The molecule has 0 aromatic carbocycles. The number of carbonyl (C=O) groups is 4. The summed E-state index contributed by atoms with van der Waals surface area (Å²) >= 11 is 0. The molecule has 8 nitrogen and oxygen atoms in total. The smallest absolute Gasteiger partial charge is 0.548 e. The molecular weight excluding hydrogens is 409 g/mol. The average molecular weight is 448 g/mol. The van der Waals surface area contributed by atoms with E-state index >= 15 is 0 Å². The van der Waals surface area contributed by atoms with Crippen LogP contribution < -0.4 is 45.3 Å². The number of hydrogen-bond donors (Lipinski definition) is 2. The molecule has 3 amide bonds. The molecule has 0 atom stereocenters. The van der Waals surface area contributed by atoms with Crippen molar-refractivity contribution in [3.8, 4) is 0 Å². The Morgan fingerprint density at radius 3 is 1.87 bits per heavy atom. The molecule has 172 valence electrons. The van der Waals surface area contributed by atoms with E-state index in [9.17, 15) is 24.3 Å². The van der Waals surface area contributed by atoms with Crippen LogP contribution >= 0.6 is 0 Å². The fraction of sp³-hybridized carbons (Fsp3) is 0.727. The van der Waals surface area contributed by atoms with Crippen molar-refractivity contribution in [1.82, 2.24) is 15.5 Å². The summed E-state index contributed by atoms with van der Waals surface area (Å²) in [6, 6.07) is 0. The summed E-state index contributed by atoms with van der Waals surface area (Å²) in [5, 5.41) is 15.3. The zero-order valence-corrected chi connectivity index (χ0v) is 21.5. The Labute approximate surface area is 208 Å². The zero-order chi connectivity index (χ0) is 22.6. The number of allylic oxidation sites excluding steroid dienone is 2. The molecule has 0 saturated heterocycles. The molecule has 0 aromatic heterocycles. The van der Waals surface area contributed by atoms with Gasteiger partial charge < -0.3 is 25.4 Å². The maximum Gasteiger partial charge on any atom is 1.00 e. The van der Waals surface area contributed by atoms with E-state index in [0.717, 1.165) is 51.4 Å². The van der Waals surface area contributed by atoms with Gasteiger partial charge in [0.25, 0.3) is 0 Å². The molecule has 0 radical (unpaired) electrons. The molecule has 0 unspecified atom stereocenters. The average Bonchev–Trinajstić information content (AvgIpc) is 2.71. The van der Waals surface area contributed by atoms with Crippen molar-refractivity contribution in [2.24, 2.45) is 0 Å². The zero-order valence-electron chi connectivity index (χ0n) is 19.5. The molecule has 2 N–H and O–H groups in total. The first-order valence-electron chi connectivity index (χ1n) is 11.0. The fourth-order valence-electron chi connectivity index (χ4n) is 2.91. The Hall–Kier alpha value is -1.38. The molecule has 0 aliphatic carbocycles. The van der Waals surface area contributed by atoms with E-state index in [1.807, 2.05) is 0 Å². The number of nitrogens with zero attached hydrogens (tertiary/aromatic N) is 1. The summed E-state index contributed by atoms with van der Waals surface area (Å²) in [4.78, 5) is 45.5. The van der Waals surface area contributed by atoms with Crippen molar-refractivity contribution in [3.05, 3.63) is 12.2 Å². The van der Waals surface area contributed by atoms with Gasteiger partial charge in [-0.2, -0.15) is 0 Å². The third kappa shape index (κ3) is 20.3. The van der Waals surface area contributed by atoms with E-state index in [2.05, 4.69) is 22.8 Å². The second-order valence-electron chi connectivity index (χ2n) is 7.44. The Morgan fingerprint density at radius 1 is 0.806 bits per heavy atom. The van der Waals surface area contributed by atoms with Crippen molar-refractivity contribution >= 4 is 23.7 Å². The van der Waals surface area contributed by atoms with E-state index in [0.29, 0.717) is 13.0 Å². The van der Waals surface area contributed by atoms with E-state index < -0.39 is 17.8 Å². The SMILES string of the molecule is CNC(=O)C(=O)NCCCC/C=C\CCCCCCCCCC(=O)N(C)CC(=O)[O-].[Na+]. The van der Waals surface area contributed by atoms with E-state index in [1.54, 1.807) is 0 Å². The van der Waals surface area contributed by atoms with Gasteiger partial charge >= 0.3 is 41.4 Å². The Balaban J connectivity index is 0. The maximum absolute atomic E-state index is 11.7. The molecule has 0 fully saturated rings. The van der Waals surface area contributed by atoms with Crippen LogP contribution in [-0.4, -0.2) is 55.8 Å². The van der Waals surface area contributed by atoms with Gasteiger partial charge in [0, 0.05) is 27.1 Å². The second kappa shape index (κ2) is 21.8. The summed E-state index contributed by atoms with van der Waals surface area (Å²) in [5.41, 5.74) is 0. The predicted octanol–water partition coefficient (Wildman–Crippen LogP) is -1.70. The van der Waals surface area contributed by atoms with Crippen LogP contribution in [0.15, 0.2) is 12.2 Å². The summed E-state index contributed by atoms with van der Waals surface area (Å²) in [5.74, 6) is -2.56. The molecule has 0 aliphatic heterocycles. The first kappa shape index (κ1) is 31.8. The molecule has 0 bridgehead atoms. The minimum Gasteiger partial charge on any atom is -0.548 e. The summed E-state index contributed by atoms with van der Waals surface area (Å²) in [6.07, 6.45) is 16.3. The molecule has 0 aromatic rings. The molecule has 0 rings (SSSR count). The van der Waals surface area contributed by atoms with Crippen LogP contribution in [0, 0.1) is 0 Å². The first-order chi connectivity index (χ1) is 14.4. The second-order valence-corrected chi connectivity index (χ2v) is 7.44. The van der Waals surface area contributed by atoms with Crippen molar-refractivity contribution in [2.75, 3.05) is 27.2 Å². The minimum atomic E-state index is -1.23. The minimum absolute atomic E-state index is 0. The van der Waals surface area contributed by atoms with Crippen LogP contribution in [0.1, 0.15) is 77.0 Å². The molecule has 31 heavy (non-hydrogen) atoms. The summed E-state index contributed by atoms with van der Waals surface area (Å²) in [7, 11) is 2.92. The number of rotatable bonds is 17. The Morgan fingerprint density at radius 2 is 1.32 bits per heavy atom. The van der Waals surface area contributed by atoms with E-state index in [-0.39, 0.29) is 42.0 Å². The van der Waals surface area contributed by atoms with Crippen LogP contribution in [0.5, 0.6) is 0 Å². The summed E-state index contributed by atoms with van der Waals surface area (Å²) in [6.45, 7) is 0.176. The van der Waals surface area contributed by atoms with E-state index in [4.69, 9.17) is 0 Å². The molecule has 0 saturated carbocycles. The van der Waals surface area contributed by atoms with Crippen molar-refractivity contribution in [2.45, 2.75) is 77.0 Å². The van der Waals surface area contributed by atoms with Gasteiger partial charge in [0.2, 0.25) is 5.91 Å². The Bertz CT molecular complexity index is 555. The third-order valence-corrected chi connectivity index (χ3v) is 4.74. The van der Waals surface area contributed by atoms with Gasteiger partial charge in [0.1, 0.15) is 0 Å². The van der Waals surface area contributed by atoms with Crippen LogP contribution in [0.3, 0.4) is 0 Å². The van der Waals surface area contributed by atoms with Crippen molar-refractivity contribution in [1.29, 1.82) is 0 Å². The maximum atomic E-state index is 11.7. The van der Waals surface area contributed by atoms with Gasteiger partial charge in [-0.1, -0.05) is 44.3 Å². The van der Waals surface area contributed by atoms with Crippen LogP contribution in [0.4, 0.5) is 0 Å². The number of carboxylic acid groups (broad SMARTS) is 1. The number of likely N-dealkylation sites (N-methyl/N-ethyl adjacent to an activating group) is 2. The number of nitrogens with one attached hydrogen (secondary N) is 2. The Kier molecular flexibility index (Phi) is 22.4. The van der Waals surface area contributed by atoms with Gasteiger partial charge in [-0.05, 0) is 38.5 Å². The van der Waals surface area contributed by atoms with Gasteiger partial charge in [-0.15, -0.1) is 0 Å². The number of hydrogen-bond acceptors (Lipinski definition) is 5. The van der Waals surface area contributed by atoms with Crippen molar-refractivity contribution < 1.29 is 53.8 Å². The topological polar surface area (TPSA) is 119 Å². The normalized spacial score (nSPS) is 10.4.